The molecule has 2 fully saturated rings. The third-order valence-corrected chi connectivity index (χ3v) is 5.97. The van der Waals surface area contributed by atoms with E-state index in [1.807, 2.05) is 23.1 Å². The van der Waals surface area contributed by atoms with E-state index in [1.54, 1.807) is 0 Å². The van der Waals surface area contributed by atoms with Gasteiger partial charge in [0.25, 0.3) is 0 Å². The molecule has 0 atom stereocenters. The zero-order valence-corrected chi connectivity index (χ0v) is 15.8. The highest BCUT2D eigenvalue weighted by Crippen LogP contribution is 2.28. The highest BCUT2D eigenvalue weighted by atomic mass is 32.2. The molecule has 2 saturated heterocycles. The van der Waals surface area contributed by atoms with Gasteiger partial charge in [-0.25, -0.2) is 0 Å². The lowest BCUT2D eigenvalue weighted by atomic mass is 10.1. The molecule has 2 aliphatic rings. The second-order valence-electron chi connectivity index (χ2n) is 6.88. The Labute approximate surface area is 158 Å². The molecule has 7 heteroatoms. The average molecular weight is 372 g/mol. The van der Waals surface area contributed by atoms with Crippen molar-refractivity contribution in [3.8, 4) is 5.69 Å². The number of aromatic nitrogens is 3. The molecule has 0 aliphatic carbocycles. The van der Waals surface area contributed by atoms with Crippen molar-refractivity contribution in [2.45, 2.75) is 37.3 Å². The van der Waals surface area contributed by atoms with Gasteiger partial charge in [0.2, 0.25) is 11.9 Å². The average Bonchev–Trinajstić information content (AvgIpc) is 3.37. The van der Waals surface area contributed by atoms with Crippen LogP contribution in [0.4, 0.5) is 5.95 Å². The van der Waals surface area contributed by atoms with Gasteiger partial charge in [-0.1, -0.05) is 30.0 Å². The first-order chi connectivity index (χ1) is 12.8. The van der Waals surface area contributed by atoms with Crippen molar-refractivity contribution >= 4 is 23.6 Å². The summed E-state index contributed by atoms with van der Waals surface area (Å²) in [5, 5.41) is 9.71. The minimum Gasteiger partial charge on any atom is -0.342 e. The van der Waals surface area contributed by atoms with E-state index in [-0.39, 0.29) is 5.91 Å². The van der Waals surface area contributed by atoms with Gasteiger partial charge in [-0.2, -0.15) is 0 Å². The van der Waals surface area contributed by atoms with Crippen molar-refractivity contribution in [1.82, 2.24) is 19.7 Å². The number of piperidine rings is 1. The van der Waals surface area contributed by atoms with Crippen LogP contribution >= 0.6 is 11.8 Å². The normalized spacial score (nSPS) is 17.7. The number of rotatable bonds is 5. The lowest BCUT2D eigenvalue weighted by molar-refractivity contribution is -0.127. The molecule has 1 aromatic carbocycles. The van der Waals surface area contributed by atoms with Crippen LogP contribution in [0.3, 0.4) is 0 Å². The third kappa shape index (κ3) is 3.72. The fourth-order valence-electron chi connectivity index (χ4n) is 3.64. The smallest absolute Gasteiger partial charge is 0.233 e. The number of hydrogen-bond acceptors (Lipinski definition) is 5. The summed E-state index contributed by atoms with van der Waals surface area (Å²) in [6.45, 7) is 3.82. The topological polar surface area (TPSA) is 54.3 Å². The number of thioether (sulfide) groups is 1. The highest BCUT2D eigenvalue weighted by molar-refractivity contribution is 7.99. The van der Waals surface area contributed by atoms with Crippen LogP contribution in [0.2, 0.25) is 0 Å². The van der Waals surface area contributed by atoms with Gasteiger partial charge in [0.15, 0.2) is 5.16 Å². The summed E-state index contributed by atoms with van der Waals surface area (Å²) in [5.74, 6) is 1.52. The van der Waals surface area contributed by atoms with Crippen LogP contribution in [0.15, 0.2) is 35.5 Å². The summed E-state index contributed by atoms with van der Waals surface area (Å²) < 4.78 is 2.10. The van der Waals surface area contributed by atoms with Crippen LogP contribution in [-0.4, -0.2) is 57.5 Å². The molecule has 26 heavy (non-hydrogen) atoms. The molecule has 2 aromatic rings. The first kappa shape index (κ1) is 17.4. The van der Waals surface area contributed by atoms with Gasteiger partial charge >= 0.3 is 0 Å². The van der Waals surface area contributed by atoms with E-state index in [0.717, 1.165) is 55.8 Å². The Bertz CT molecular complexity index is 736. The number of nitrogens with zero attached hydrogens (tertiary/aromatic N) is 5. The number of benzene rings is 1. The molecule has 0 radical (unpaired) electrons. The number of amides is 1. The van der Waals surface area contributed by atoms with E-state index in [1.165, 1.54) is 31.0 Å². The second-order valence-corrected chi connectivity index (χ2v) is 7.82. The van der Waals surface area contributed by atoms with E-state index < -0.39 is 0 Å². The van der Waals surface area contributed by atoms with Gasteiger partial charge in [-0.15, -0.1) is 10.2 Å². The van der Waals surface area contributed by atoms with Crippen molar-refractivity contribution in [3.63, 3.8) is 0 Å². The predicted octanol–water partition coefficient (Wildman–Crippen LogP) is 2.97. The monoisotopic (exact) mass is 371 g/mol. The summed E-state index contributed by atoms with van der Waals surface area (Å²) in [5.41, 5.74) is 1.05. The Hall–Kier alpha value is -2.02. The predicted molar refractivity (Wildman–Crippen MR) is 104 cm³/mol. The standard InChI is InChI=1S/C19H25N5OS/c25-17(22-11-7-8-12-22)15-26-19-21-20-18(23-13-5-2-6-14-23)24(19)16-9-3-1-4-10-16/h1,3-4,9-10H,2,5-8,11-15H2. The largest absolute Gasteiger partial charge is 0.342 e. The van der Waals surface area contributed by atoms with Crippen LogP contribution < -0.4 is 4.90 Å². The van der Waals surface area contributed by atoms with E-state index in [0.29, 0.717) is 5.75 Å². The van der Waals surface area contributed by atoms with Gasteiger partial charge in [0.05, 0.1) is 11.4 Å². The van der Waals surface area contributed by atoms with Crippen LogP contribution in [0.25, 0.3) is 5.69 Å². The maximum absolute atomic E-state index is 12.4. The molecule has 0 unspecified atom stereocenters. The van der Waals surface area contributed by atoms with Gasteiger partial charge in [-0.3, -0.25) is 9.36 Å². The minimum atomic E-state index is 0.203. The van der Waals surface area contributed by atoms with E-state index >= 15 is 0 Å². The molecule has 0 bridgehead atoms. The van der Waals surface area contributed by atoms with Crippen LogP contribution in [0, 0.1) is 0 Å². The summed E-state index contributed by atoms with van der Waals surface area (Å²) >= 11 is 1.49. The maximum Gasteiger partial charge on any atom is 0.233 e. The number of hydrogen-bond donors (Lipinski definition) is 0. The van der Waals surface area contributed by atoms with Gasteiger partial charge in [0, 0.05) is 26.2 Å². The molecular weight excluding hydrogens is 346 g/mol. The van der Waals surface area contributed by atoms with Gasteiger partial charge in [-0.05, 0) is 44.2 Å². The molecule has 4 rings (SSSR count). The molecule has 138 valence electrons. The SMILES string of the molecule is O=C(CSc1nnc(N2CCCCC2)n1-c1ccccc1)N1CCCC1. The van der Waals surface area contributed by atoms with Crippen molar-refractivity contribution in [2.24, 2.45) is 0 Å². The van der Waals surface area contributed by atoms with Gasteiger partial charge in [0.1, 0.15) is 0 Å². The molecule has 1 amide bonds. The fraction of sp³-hybridized carbons (Fsp3) is 0.526. The lowest BCUT2D eigenvalue weighted by Crippen LogP contribution is -2.32. The summed E-state index contributed by atoms with van der Waals surface area (Å²) in [6, 6.07) is 10.2. The highest BCUT2D eigenvalue weighted by Gasteiger charge is 2.23. The molecular formula is C19H25N5OS. The number of likely N-dealkylation sites (tertiary alicyclic amines) is 1. The van der Waals surface area contributed by atoms with Crippen LogP contribution in [-0.2, 0) is 4.79 Å². The lowest BCUT2D eigenvalue weighted by Gasteiger charge is -2.27. The molecule has 1 aromatic heterocycles. The number of anilines is 1. The Balaban J connectivity index is 1.57. The molecule has 6 nitrogen and oxygen atoms in total. The zero-order chi connectivity index (χ0) is 17.8. The summed E-state index contributed by atoms with van der Waals surface area (Å²) in [4.78, 5) is 16.7. The Kier molecular flexibility index (Phi) is 5.43. The van der Waals surface area contributed by atoms with Crippen LogP contribution in [0.5, 0.6) is 0 Å². The Morgan fingerprint density at radius 2 is 1.62 bits per heavy atom. The van der Waals surface area contributed by atoms with E-state index in [9.17, 15) is 4.79 Å². The van der Waals surface area contributed by atoms with E-state index in [2.05, 4.69) is 31.8 Å². The fourth-order valence-corrected chi connectivity index (χ4v) is 4.49. The van der Waals surface area contributed by atoms with Crippen molar-refractivity contribution in [1.29, 1.82) is 0 Å². The molecule has 2 aliphatic heterocycles. The minimum absolute atomic E-state index is 0.203. The van der Waals surface area contributed by atoms with Crippen molar-refractivity contribution < 1.29 is 4.79 Å². The third-order valence-electron chi connectivity index (χ3n) is 5.05. The van der Waals surface area contributed by atoms with Crippen molar-refractivity contribution in [3.05, 3.63) is 30.3 Å². The summed E-state index contributed by atoms with van der Waals surface area (Å²) in [6.07, 6.45) is 5.91. The zero-order valence-electron chi connectivity index (χ0n) is 15.0. The molecule has 0 spiro atoms. The number of carbonyl (C=O) groups excluding carboxylic acids is 1. The first-order valence-corrected chi connectivity index (χ1v) is 10.5. The van der Waals surface area contributed by atoms with Gasteiger partial charge < -0.3 is 9.80 Å². The quantitative estimate of drug-likeness (QED) is 0.757. The maximum atomic E-state index is 12.4. The van der Waals surface area contributed by atoms with Crippen molar-refractivity contribution in [2.75, 3.05) is 36.8 Å². The second kappa shape index (κ2) is 8.12. The Morgan fingerprint density at radius 1 is 0.923 bits per heavy atom. The molecule has 3 heterocycles. The number of carbonyl (C=O) groups is 1. The van der Waals surface area contributed by atoms with Crippen LogP contribution in [0.1, 0.15) is 32.1 Å². The molecule has 0 saturated carbocycles. The Morgan fingerprint density at radius 3 is 2.35 bits per heavy atom. The molecule has 0 N–H and O–H groups in total. The first-order valence-electron chi connectivity index (χ1n) is 9.49. The number of para-hydroxylation sites is 1. The van der Waals surface area contributed by atoms with E-state index in [4.69, 9.17) is 0 Å². The summed E-state index contributed by atoms with van der Waals surface area (Å²) in [7, 11) is 0.